The highest BCUT2D eigenvalue weighted by Crippen LogP contribution is 2.21. The first kappa shape index (κ1) is 17.3. The molecule has 1 atom stereocenters. The van der Waals surface area contributed by atoms with Gasteiger partial charge in [0.2, 0.25) is 11.8 Å². The van der Waals surface area contributed by atoms with Crippen LogP contribution in [0.15, 0.2) is 60.8 Å². The third-order valence-electron chi connectivity index (χ3n) is 5.14. The minimum Gasteiger partial charge on any atom is -0.361 e. The van der Waals surface area contributed by atoms with Crippen molar-refractivity contribution < 1.29 is 9.59 Å². The summed E-state index contributed by atoms with van der Waals surface area (Å²) < 4.78 is 0. The van der Waals surface area contributed by atoms with Crippen LogP contribution in [-0.2, 0) is 16.0 Å². The lowest BCUT2D eigenvalue weighted by atomic mass is 10.1. The number of carbonyl (C=O) groups is 2. The van der Waals surface area contributed by atoms with E-state index in [-0.39, 0.29) is 17.9 Å². The second-order valence-electron chi connectivity index (χ2n) is 7.01. The quantitative estimate of drug-likeness (QED) is 0.708. The molecule has 3 aromatic rings. The summed E-state index contributed by atoms with van der Waals surface area (Å²) in [4.78, 5) is 29.9. The third-order valence-corrected chi connectivity index (χ3v) is 5.14. The zero-order chi connectivity index (χ0) is 18.6. The molecular weight excluding hydrogens is 338 g/mol. The number of H-pyrrole nitrogens is 1. The van der Waals surface area contributed by atoms with Gasteiger partial charge in [-0.1, -0.05) is 48.5 Å². The number of rotatable bonds is 6. The Kier molecular flexibility index (Phi) is 4.92. The fourth-order valence-electron chi connectivity index (χ4n) is 3.73. The standard InChI is InChI=1S/C22H23N3O2/c26-21(13-17-14-23-19-10-5-4-9-18(17)19)24-20(16-7-2-1-3-8-16)15-25-12-6-11-22(25)27/h1-5,7-10,14,20,23H,6,11-13,15H2,(H,24,26)/t20-/m0/s1. The van der Waals surface area contributed by atoms with E-state index in [2.05, 4.69) is 10.3 Å². The number of amides is 2. The molecule has 0 saturated carbocycles. The molecular formula is C22H23N3O2. The van der Waals surface area contributed by atoms with Crippen molar-refractivity contribution in [1.29, 1.82) is 0 Å². The summed E-state index contributed by atoms with van der Waals surface area (Å²) in [6.07, 6.45) is 3.70. The first-order valence-corrected chi connectivity index (χ1v) is 9.38. The average Bonchev–Trinajstić information content (AvgIpc) is 3.28. The van der Waals surface area contributed by atoms with Gasteiger partial charge in [0, 0.05) is 36.6 Å². The number of fused-ring (bicyclic) bond motifs is 1. The summed E-state index contributed by atoms with van der Waals surface area (Å²) in [5.74, 6) is 0.127. The zero-order valence-electron chi connectivity index (χ0n) is 15.2. The predicted molar refractivity (Wildman–Crippen MR) is 105 cm³/mol. The summed E-state index contributed by atoms with van der Waals surface area (Å²) in [6.45, 7) is 1.28. The Labute approximate surface area is 158 Å². The van der Waals surface area contributed by atoms with Gasteiger partial charge >= 0.3 is 0 Å². The number of para-hydroxylation sites is 1. The number of nitrogens with one attached hydrogen (secondary N) is 2. The minimum absolute atomic E-state index is 0.0414. The molecule has 0 bridgehead atoms. The van der Waals surface area contributed by atoms with Crippen LogP contribution >= 0.6 is 0 Å². The Hall–Kier alpha value is -3.08. The fourth-order valence-corrected chi connectivity index (χ4v) is 3.73. The number of hydrogen-bond donors (Lipinski definition) is 2. The Morgan fingerprint density at radius 3 is 2.67 bits per heavy atom. The first-order chi connectivity index (χ1) is 13.2. The summed E-state index contributed by atoms with van der Waals surface area (Å²) in [6, 6.07) is 17.6. The van der Waals surface area contributed by atoms with Gasteiger partial charge in [-0.3, -0.25) is 9.59 Å². The molecule has 0 radical (unpaired) electrons. The summed E-state index contributed by atoms with van der Waals surface area (Å²) in [5, 5.41) is 4.21. The van der Waals surface area contributed by atoms with Crippen LogP contribution in [0.3, 0.4) is 0 Å². The maximum atomic E-state index is 12.8. The van der Waals surface area contributed by atoms with Crippen LogP contribution in [-0.4, -0.2) is 34.8 Å². The molecule has 2 aromatic carbocycles. The molecule has 1 saturated heterocycles. The topological polar surface area (TPSA) is 65.2 Å². The minimum atomic E-state index is -0.203. The lowest BCUT2D eigenvalue weighted by Crippen LogP contribution is -2.39. The molecule has 1 aromatic heterocycles. The van der Waals surface area contributed by atoms with Crippen LogP contribution < -0.4 is 5.32 Å². The van der Waals surface area contributed by atoms with E-state index in [1.807, 2.05) is 65.7 Å². The van der Waals surface area contributed by atoms with E-state index in [1.165, 1.54) is 0 Å². The number of benzene rings is 2. The van der Waals surface area contributed by atoms with Gasteiger partial charge in [0.1, 0.15) is 0 Å². The van der Waals surface area contributed by atoms with Gasteiger partial charge in [-0.25, -0.2) is 0 Å². The van der Waals surface area contributed by atoms with E-state index >= 15 is 0 Å². The van der Waals surface area contributed by atoms with Crippen LogP contribution in [0.5, 0.6) is 0 Å². The van der Waals surface area contributed by atoms with Crippen LogP contribution in [0.1, 0.15) is 30.0 Å². The van der Waals surface area contributed by atoms with Crippen LogP contribution in [0.2, 0.25) is 0 Å². The molecule has 0 aliphatic carbocycles. The fraction of sp³-hybridized carbons (Fsp3) is 0.273. The first-order valence-electron chi connectivity index (χ1n) is 9.38. The van der Waals surface area contributed by atoms with Gasteiger partial charge < -0.3 is 15.2 Å². The van der Waals surface area contributed by atoms with Crippen molar-refractivity contribution in [1.82, 2.24) is 15.2 Å². The van der Waals surface area contributed by atoms with Crippen molar-refractivity contribution in [2.75, 3.05) is 13.1 Å². The number of likely N-dealkylation sites (tertiary alicyclic amines) is 1. The van der Waals surface area contributed by atoms with Crippen molar-refractivity contribution in [2.24, 2.45) is 0 Å². The van der Waals surface area contributed by atoms with Gasteiger partial charge in [0.25, 0.3) is 0 Å². The lowest BCUT2D eigenvalue weighted by Gasteiger charge is -2.25. The van der Waals surface area contributed by atoms with Gasteiger partial charge in [-0.05, 0) is 23.6 Å². The highest BCUT2D eigenvalue weighted by Gasteiger charge is 2.25. The maximum Gasteiger partial charge on any atom is 0.225 e. The van der Waals surface area contributed by atoms with Gasteiger partial charge in [0.15, 0.2) is 0 Å². The van der Waals surface area contributed by atoms with E-state index < -0.39 is 0 Å². The van der Waals surface area contributed by atoms with E-state index in [9.17, 15) is 9.59 Å². The van der Waals surface area contributed by atoms with Crippen molar-refractivity contribution in [3.63, 3.8) is 0 Å². The molecule has 1 aliphatic rings. The van der Waals surface area contributed by atoms with Crippen LogP contribution in [0.4, 0.5) is 0 Å². The van der Waals surface area contributed by atoms with E-state index in [4.69, 9.17) is 0 Å². The molecule has 2 heterocycles. The largest absolute Gasteiger partial charge is 0.361 e. The average molecular weight is 361 g/mol. The van der Waals surface area contributed by atoms with Crippen molar-refractivity contribution in [3.05, 3.63) is 71.9 Å². The highest BCUT2D eigenvalue weighted by atomic mass is 16.2. The predicted octanol–water partition coefficient (Wildman–Crippen LogP) is 3.19. The second kappa shape index (κ2) is 7.66. The number of aromatic amines is 1. The normalized spacial score (nSPS) is 15.3. The molecule has 1 aliphatic heterocycles. The number of aromatic nitrogens is 1. The third kappa shape index (κ3) is 3.87. The molecule has 138 valence electrons. The molecule has 2 N–H and O–H groups in total. The molecule has 0 unspecified atom stereocenters. The maximum absolute atomic E-state index is 12.8. The highest BCUT2D eigenvalue weighted by molar-refractivity contribution is 5.89. The number of nitrogens with zero attached hydrogens (tertiary/aromatic N) is 1. The number of carbonyl (C=O) groups excluding carboxylic acids is 2. The Balaban J connectivity index is 1.50. The van der Waals surface area contributed by atoms with Crippen LogP contribution in [0.25, 0.3) is 10.9 Å². The van der Waals surface area contributed by atoms with Crippen molar-refractivity contribution in [3.8, 4) is 0 Å². The molecule has 0 spiro atoms. The SMILES string of the molecule is O=C(Cc1c[nH]c2ccccc12)N[C@@H](CN1CCCC1=O)c1ccccc1. The smallest absolute Gasteiger partial charge is 0.225 e. The molecule has 1 fully saturated rings. The molecule has 4 rings (SSSR count). The van der Waals surface area contributed by atoms with Gasteiger partial charge in [-0.2, -0.15) is 0 Å². The van der Waals surface area contributed by atoms with E-state index in [1.54, 1.807) is 0 Å². The molecule has 5 nitrogen and oxygen atoms in total. The van der Waals surface area contributed by atoms with Crippen molar-refractivity contribution >= 4 is 22.7 Å². The Morgan fingerprint density at radius 2 is 1.89 bits per heavy atom. The van der Waals surface area contributed by atoms with Crippen LogP contribution in [0, 0.1) is 0 Å². The molecule has 2 amide bonds. The van der Waals surface area contributed by atoms with E-state index in [0.717, 1.165) is 35.0 Å². The van der Waals surface area contributed by atoms with Gasteiger partial charge in [-0.15, -0.1) is 0 Å². The molecule has 27 heavy (non-hydrogen) atoms. The zero-order valence-corrected chi connectivity index (χ0v) is 15.2. The van der Waals surface area contributed by atoms with E-state index in [0.29, 0.717) is 19.4 Å². The van der Waals surface area contributed by atoms with Gasteiger partial charge in [0.05, 0.1) is 12.5 Å². The number of hydrogen-bond acceptors (Lipinski definition) is 2. The Bertz CT molecular complexity index is 948. The molecule has 5 heteroatoms. The summed E-state index contributed by atoms with van der Waals surface area (Å²) in [7, 11) is 0. The Morgan fingerprint density at radius 1 is 1.11 bits per heavy atom. The monoisotopic (exact) mass is 361 g/mol. The summed E-state index contributed by atoms with van der Waals surface area (Å²) in [5.41, 5.74) is 3.03. The summed E-state index contributed by atoms with van der Waals surface area (Å²) >= 11 is 0. The second-order valence-corrected chi connectivity index (χ2v) is 7.01. The lowest BCUT2D eigenvalue weighted by molar-refractivity contribution is -0.129. The van der Waals surface area contributed by atoms with Crippen molar-refractivity contribution in [2.45, 2.75) is 25.3 Å².